The maximum absolute atomic E-state index is 7.50. The smallest absolute Gasteiger partial charge is 0 e. The van der Waals surface area contributed by atoms with Crippen LogP contribution in [0, 0.1) is 20.0 Å². The van der Waals surface area contributed by atoms with Gasteiger partial charge in [0.1, 0.15) is 0 Å². The molecule has 7 heteroatoms. The molecule has 1 heterocycles. The molecule has 1 aromatic carbocycles. The van der Waals surface area contributed by atoms with Crippen LogP contribution in [-0.2, 0) is 54.7 Å². The number of pyridine rings is 1. The summed E-state index contributed by atoms with van der Waals surface area (Å²) in [5.74, 6) is 0. The fraction of sp³-hybridized carbons (Fsp3) is 0. The minimum absolute atomic E-state index is 0. The van der Waals surface area contributed by atoms with E-state index in [0.717, 1.165) is 5.69 Å². The van der Waals surface area contributed by atoms with Crippen LogP contribution in [0.3, 0.4) is 0 Å². The Morgan fingerprint density at radius 2 is 1.38 bits per heavy atom. The first kappa shape index (κ1) is 25.3. The molecule has 4 nitrogen and oxygen atoms in total. The van der Waals surface area contributed by atoms with Gasteiger partial charge in [0.25, 0.3) is 0 Å². The molecule has 0 aliphatic carbocycles. The molecular formula is C14H8ClCrHgNO3. The van der Waals surface area contributed by atoms with Gasteiger partial charge in [-0.2, -0.15) is 0 Å². The molecule has 2 rings (SSSR count). The van der Waals surface area contributed by atoms with Gasteiger partial charge in [0.05, 0.1) is 0 Å². The SMILES string of the molecule is [C-]#[O+].[C-]#[O+].[C-]#[O+].[Cl][Hg][c]1ccccc1-c1ccccn1.[Cr]. The van der Waals surface area contributed by atoms with Crippen molar-refractivity contribution in [2.75, 3.05) is 0 Å². The zero-order valence-electron chi connectivity index (χ0n) is 10.8. The monoisotopic (exact) mass is 527 g/mol. The first-order valence-electron chi connectivity index (χ1n) is 5.08. The van der Waals surface area contributed by atoms with Crippen molar-refractivity contribution in [2.45, 2.75) is 0 Å². The topological polar surface area (TPSA) is 72.6 Å². The standard InChI is InChI=1S/C11H8N.3CO.ClH.Cr.Hg/c1-2-6-10(7-3-1)11-8-4-5-9-12-11;3*1-2;;;/h1-6,8-9H;;;;1H;;/q;;;;;;+1/p-1. The number of aromatic nitrogens is 1. The molecule has 0 N–H and O–H groups in total. The van der Waals surface area contributed by atoms with Gasteiger partial charge in [-0.15, -0.1) is 0 Å². The van der Waals surface area contributed by atoms with Crippen LogP contribution in [0.1, 0.15) is 0 Å². The summed E-state index contributed by atoms with van der Waals surface area (Å²) in [6.45, 7) is 13.5. The molecule has 0 saturated heterocycles. The number of hydrogen-bond acceptors (Lipinski definition) is 1. The molecule has 0 bridgehead atoms. The van der Waals surface area contributed by atoms with Crippen LogP contribution in [0.5, 0.6) is 0 Å². The zero-order chi connectivity index (χ0) is 15.8. The molecule has 0 amide bonds. The van der Waals surface area contributed by atoms with Gasteiger partial charge >= 0.3 is 133 Å². The molecule has 21 heavy (non-hydrogen) atoms. The van der Waals surface area contributed by atoms with Crippen LogP contribution in [-0.4, -0.2) is 4.98 Å². The summed E-state index contributed by atoms with van der Waals surface area (Å²) in [6.07, 6.45) is 1.82. The molecule has 1 aromatic heterocycles. The summed E-state index contributed by atoms with van der Waals surface area (Å²) in [5, 5.41) is 0. The van der Waals surface area contributed by atoms with Crippen LogP contribution in [0.4, 0.5) is 0 Å². The third-order valence-corrected chi connectivity index (χ3v) is 8.15. The van der Waals surface area contributed by atoms with E-state index in [1.54, 1.807) is 0 Å². The average Bonchev–Trinajstić information content (AvgIpc) is 2.61. The molecule has 2 aromatic rings. The van der Waals surface area contributed by atoms with Crippen molar-refractivity contribution in [2.24, 2.45) is 0 Å². The summed E-state index contributed by atoms with van der Waals surface area (Å²) in [5.41, 5.74) is 2.24. The Labute approximate surface area is 150 Å². The minimum Gasteiger partial charge on any atom is 0 e. The van der Waals surface area contributed by atoms with Crippen molar-refractivity contribution in [1.82, 2.24) is 4.98 Å². The second-order valence-corrected chi connectivity index (χ2v) is 9.35. The third kappa shape index (κ3) is 9.82. The van der Waals surface area contributed by atoms with Gasteiger partial charge in [0, 0.05) is 17.4 Å². The second-order valence-electron chi connectivity index (χ2n) is 3.01. The van der Waals surface area contributed by atoms with E-state index in [1.165, 1.54) is 8.64 Å². The molecule has 0 fully saturated rings. The summed E-state index contributed by atoms with van der Waals surface area (Å²) in [7, 11) is 6.08. The van der Waals surface area contributed by atoms with Gasteiger partial charge in [-0.05, 0) is 0 Å². The minimum atomic E-state index is -1.35. The Morgan fingerprint density at radius 1 is 0.857 bits per heavy atom. The van der Waals surface area contributed by atoms with E-state index < -0.39 is 23.3 Å². The van der Waals surface area contributed by atoms with Crippen LogP contribution in [0.15, 0.2) is 48.7 Å². The molecule has 0 spiro atoms. The number of rotatable bonds is 2. The number of halogens is 1. The Kier molecular flexibility index (Phi) is 23.3. The summed E-state index contributed by atoms with van der Waals surface area (Å²) < 4.78 is 23.8. The van der Waals surface area contributed by atoms with Gasteiger partial charge < -0.3 is 0 Å². The van der Waals surface area contributed by atoms with E-state index in [4.69, 9.17) is 22.2 Å². The second kappa shape index (κ2) is 19.3. The van der Waals surface area contributed by atoms with Gasteiger partial charge in [-0.3, -0.25) is 0 Å². The van der Waals surface area contributed by atoms with Crippen LogP contribution in [0.2, 0.25) is 0 Å². The normalized spacial score (nSPS) is 6.62. The third-order valence-electron chi connectivity index (χ3n) is 2.10. The van der Waals surface area contributed by atoms with Crippen LogP contribution in [0.25, 0.3) is 11.3 Å². The molecule has 0 saturated carbocycles. The molecule has 0 atom stereocenters. The Bertz CT molecular complexity index is 532. The first-order valence-corrected chi connectivity index (χ1v) is 14.6. The number of nitrogens with zero attached hydrogens (tertiary/aromatic N) is 1. The molecular weight excluding hydrogens is 518 g/mol. The first-order chi connectivity index (χ1) is 9.92. The van der Waals surface area contributed by atoms with Crippen molar-refractivity contribution in [3.8, 4) is 11.3 Å². The Hall–Kier alpha value is -0.652. The zero-order valence-corrected chi connectivity index (χ0v) is 18.3. The van der Waals surface area contributed by atoms with Crippen LogP contribution < -0.4 is 3.07 Å². The number of benzene rings is 1. The van der Waals surface area contributed by atoms with E-state index in [9.17, 15) is 0 Å². The van der Waals surface area contributed by atoms with Gasteiger partial charge in [0.2, 0.25) is 0 Å². The predicted molar refractivity (Wildman–Crippen MR) is 66.9 cm³/mol. The molecule has 102 valence electrons. The average molecular weight is 526 g/mol. The van der Waals surface area contributed by atoms with Gasteiger partial charge in [0.15, 0.2) is 0 Å². The van der Waals surface area contributed by atoms with E-state index in [-0.39, 0.29) is 17.4 Å². The maximum atomic E-state index is 7.50. The van der Waals surface area contributed by atoms with Crippen molar-refractivity contribution in [3.05, 3.63) is 68.6 Å². The van der Waals surface area contributed by atoms with E-state index in [1.807, 2.05) is 36.5 Å². The van der Waals surface area contributed by atoms with Crippen molar-refractivity contribution in [1.29, 1.82) is 0 Å². The number of hydrogen-bond donors (Lipinski definition) is 0. The van der Waals surface area contributed by atoms with Gasteiger partial charge in [-0.25, -0.2) is 0 Å². The molecule has 0 unspecified atom stereocenters. The summed E-state index contributed by atoms with van der Waals surface area (Å²) >= 11 is -1.35. The van der Waals surface area contributed by atoms with Crippen molar-refractivity contribution >= 4 is 11.3 Å². The summed E-state index contributed by atoms with van der Waals surface area (Å²) in [6, 6.07) is 14.3. The summed E-state index contributed by atoms with van der Waals surface area (Å²) in [4.78, 5) is 4.33. The van der Waals surface area contributed by atoms with E-state index in [2.05, 4.69) is 37.1 Å². The molecule has 0 aliphatic heterocycles. The molecule has 0 radical (unpaired) electrons. The van der Waals surface area contributed by atoms with E-state index >= 15 is 0 Å². The van der Waals surface area contributed by atoms with E-state index in [0.29, 0.717) is 0 Å². The molecule has 0 aliphatic rings. The largest absolute Gasteiger partial charge is 0 e. The van der Waals surface area contributed by atoms with Crippen molar-refractivity contribution < 1.29 is 54.7 Å². The fourth-order valence-corrected chi connectivity index (χ4v) is 6.05. The van der Waals surface area contributed by atoms with Crippen LogP contribution >= 0.6 is 8.25 Å². The fourth-order valence-electron chi connectivity index (χ4n) is 1.41. The predicted octanol–water partition coefficient (Wildman–Crippen LogP) is 2.50. The van der Waals surface area contributed by atoms with Gasteiger partial charge in [-0.1, -0.05) is 0 Å². The quantitative estimate of drug-likeness (QED) is 0.337. The Morgan fingerprint density at radius 3 is 1.86 bits per heavy atom. The maximum Gasteiger partial charge on any atom is 0 e. The van der Waals surface area contributed by atoms with Crippen molar-refractivity contribution in [3.63, 3.8) is 0 Å². The Balaban J connectivity index is -0.000000414.